The molecule has 2 amide bonds. The third kappa shape index (κ3) is 4.23. The molecular weight excluding hydrogens is 328 g/mol. The third-order valence-electron chi connectivity index (χ3n) is 4.59. The average molecular weight is 352 g/mol. The van der Waals surface area contributed by atoms with Crippen LogP contribution in [0.1, 0.15) is 41.7 Å². The van der Waals surface area contributed by atoms with Gasteiger partial charge in [-0.05, 0) is 49.6 Å². The molecule has 2 aromatic carbocycles. The fraction of sp³-hybridized carbons (Fsp3) is 0.333. The Morgan fingerprint density at radius 2 is 1.85 bits per heavy atom. The molecular formula is C21H24N2O3. The minimum atomic E-state index is -0.253. The van der Waals surface area contributed by atoms with Gasteiger partial charge in [0.2, 0.25) is 5.91 Å². The van der Waals surface area contributed by atoms with Gasteiger partial charge in [0, 0.05) is 12.1 Å². The second-order valence-electron chi connectivity index (χ2n) is 6.30. The maximum absolute atomic E-state index is 12.6. The zero-order valence-electron chi connectivity index (χ0n) is 15.0. The van der Waals surface area contributed by atoms with E-state index in [-0.39, 0.29) is 24.4 Å². The first kappa shape index (κ1) is 18.0. The van der Waals surface area contributed by atoms with Gasteiger partial charge >= 0.3 is 0 Å². The van der Waals surface area contributed by atoms with Crippen LogP contribution in [-0.2, 0) is 4.79 Å². The lowest BCUT2D eigenvalue weighted by Gasteiger charge is -2.25. The van der Waals surface area contributed by atoms with Crippen LogP contribution in [0.15, 0.2) is 54.6 Å². The van der Waals surface area contributed by atoms with E-state index in [0.717, 1.165) is 30.7 Å². The molecule has 1 unspecified atom stereocenters. The van der Waals surface area contributed by atoms with E-state index >= 15 is 0 Å². The van der Waals surface area contributed by atoms with Gasteiger partial charge in [-0.2, -0.15) is 0 Å². The summed E-state index contributed by atoms with van der Waals surface area (Å²) in [5.41, 5.74) is 1.67. The Labute approximate surface area is 154 Å². The van der Waals surface area contributed by atoms with Crippen LogP contribution < -0.4 is 10.1 Å². The molecule has 0 aliphatic carbocycles. The second kappa shape index (κ2) is 8.52. The van der Waals surface area contributed by atoms with E-state index < -0.39 is 0 Å². The highest BCUT2D eigenvalue weighted by atomic mass is 16.5. The van der Waals surface area contributed by atoms with Gasteiger partial charge in [0.05, 0.1) is 19.2 Å². The van der Waals surface area contributed by atoms with Crippen LogP contribution in [0.5, 0.6) is 5.75 Å². The van der Waals surface area contributed by atoms with E-state index in [1.54, 1.807) is 24.3 Å². The van der Waals surface area contributed by atoms with Gasteiger partial charge in [0.15, 0.2) is 0 Å². The molecule has 5 nitrogen and oxygen atoms in total. The van der Waals surface area contributed by atoms with Crippen molar-refractivity contribution in [3.05, 3.63) is 65.7 Å². The number of carbonyl (C=O) groups is 2. The highest BCUT2D eigenvalue weighted by Crippen LogP contribution is 2.31. The Hall–Kier alpha value is -2.82. The SMILES string of the molecule is CCOc1ccc(C(=O)NCC(=O)N2CCCC2c2ccccc2)cc1. The molecule has 1 fully saturated rings. The summed E-state index contributed by atoms with van der Waals surface area (Å²) in [6.07, 6.45) is 1.95. The zero-order valence-corrected chi connectivity index (χ0v) is 15.0. The van der Waals surface area contributed by atoms with E-state index in [2.05, 4.69) is 17.4 Å². The molecule has 5 heteroatoms. The van der Waals surface area contributed by atoms with Gasteiger partial charge < -0.3 is 15.0 Å². The number of hydrogen-bond acceptors (Lipinski definition) is 3. The van der Waals surface area contributed by atoms with Crippen LogP contribution in [0.25, 0.3) is 0 Å². The van der Waals surface area contributed by atoms with E-state index in [4.69, 9.17) is 4.74 Å². The number of rotatable bonds is 6. The van der Waals surface area contributed by atoms with Crippen molar-refractivity contribution in [2.45, 2.75) is 25.8 Å². The fourth-order valence-corrected chi connectivity index (χ4v) is 3.32. The Morgan fingerprint density at radius 1 is 1.12 bits per heavy atom. The lowest BCUT2D eigenvalue weighted by Crippen LogP contribution is -2.39. The van der Waals surface area contributed by atoms with Crippen LogP contribution in [0, 0.1) is 0 Å². The van der Waals surface area contributed by atoms with Gasteiger partial charge in [-0.3, -0.25) is 9.59 Å². The van der Waals surface area contributed by atoms with Crippen molar-refractivity contribution in [3.8, 4) is 5.75 Å². The van der Waals surface area contributed by atoms with Gasteiger partial charge in [0.25, 0.3) is 5.91 Å². The number of benzene rings is 2. The molecule has 1 saturated heterocycles. The molecule has 0 aromatic heterocycles. The molecule has 1 atom stereocenters. The predicted octanol–water partition coefficient (Wildman–Crippen LogP) is 3.18. The van der Waals surface area contributed by atoms with Crippen molar-refractivity contribution in [3.63, 3.8) is 0 Å². The molecule has 2 aromatic rings. The number of nitrogens with one attached hydrogen (secondary N) is 1. The summed E-state index contributed by atoms with van der Waals surface area (Å²) in [6, 6.07) is 17.1. The molecule has 26 heavy (non-hydrogen) atoms. The minimum absolute atomic E-state index is 0.00930. The molecule has 0 spiro atoms. The van der Waals surface area contributed by atoms with Crippen molar-refractivity contribution in [1.82, 2.24) is 10.2 Å². The van der Waals surface area contributed by atoms with Crippen molar-refractivity contribution >= 4 is 11.8 Å². The maximum Gasteiger partial charge on any atom is 0.251 e. The summed E-state index contributed by atoms with van der Waals surface area (Å²) < 4.78 is 5.37. The summed E-state index contributed by atoms with van der Waals surface area (Å²) in [6.45, 7) is 3.23. The minimum Gasteiger partial charge on any atom is -0.494 e. The molecule has 3 rings (SSSR count). The average Bonchev–Trinajstić information content (AvgIpc) is 3.17. The lowest BCUT2D eigenvalue weighted by molar-refractivity contribution is -0.131. The standard InChI is InChI=1S/C21H24N2O3/c1-2-26-18-12-10-17(11-13-18)21(25)22-15-20(24)23-14-6-9-19(23)16-7-4-3-5-8-16/h3-5,7-8,10-13,19H,2,6,9,14-15H2,1H3,(H,22,25). The second-order valence-corrected chi connectivity index (χ2v) is 6.30. The summed E-state index contributed by atoms with van der Waals surface area (Å²) >= 11 is 0. The molecule has 1 aliphatic rings. The maximum atomic E-state index is 12.6. The molecule has 0 radical (unpaired) electrons. The van der Waals surface area contributed by atoms with E-state index in [0.29, 0.717) is 12.2 Å². The third-order valence-corrected chi connectivity index (χ3v) is 4.59. The number of hydrogen-bond donors (Lipinski definition) is 1. The Bertz CT molecular complexity index is 744. The summed E-state index contributed by atoms with van der Waals surface area (Å²) in [7, 11) is 0. The van der Waals surface area contributed by atoms with Crippen LogP contribution in [0.4, 0.5) is 0 Å². The molecule has 136 valence electrons. The Kier molecular flexibility index (Phi) is 5.89. The van der Waals surface area contributed by atoms with Gasteiger partial charge in [0.1, 0.15) is 5.75 Å². The largest absolute Gasteiger partial charge is 0.494 e. The van der Waals surface area contributed by atoms with E-state index in [1.165, 1.54) is 0 Å². The van der Waals surface area contributed by atoms with Crippen LogP contribution >= 0.6 is 0 Å². The first-order chi connectivity index (χ1) is 12.7. The van der Waals surface area contributed by atoms with Crippen LogP contribution in [-0.4, -0.2) is 36.4 Å². The Balaban J connectivity index is 1.57. The van der Waals surface area contributed by atoms with Crippen molar-refractivity contribution in [2.24, 2.45) is 0 Å². The highest BCUT2D eigenvalue weighted by Gasteiger charge is 2.29. The predicted molar refractivity (Wildman–Crippen MR) is 100 cm³/mol. The van der Waals surface area contributed by atoms with Gasteiger partial charge in [-0.25, -0.2) is 0 Å². The van der Waals surface area contributed by atoms with E-state index in [9.17, 15) is 9.59 Å². The smallest absolute Gasteiger partial charge is 0.251 e. The highest BCUT2D eigenvalue weighted by molar-refractivity contribution is 5.96. The van der Waals surface area contributed by atoms with Gasteiger partial charge in [-0.15, -0.1) is 0 Å². The van der Waals surface area contributed by atoms with Crippen molar-refractivity contribution in [2.75, 3.05) is 19.7 Å². The number of amides is 2. The van der Waals surface area contributed by atoms with Gasteiger partial charge in [-0.1, -0.05) is 30.3 Å². The van der Waals surface area contributed by atoms with Crippen molar-refractivity contribution < 1.29 is 14.3 Å². The zero-order chi connectivity index (χ0) is 18.4. The van der Waals surface area contributed by atoms with Crippen LogP contribution in [0.2, 0.25) is 0 Å². The quantitative estimate of drug-likeness (QED) is 0.869. The Morgan fingerprint density at radius 3 is 2.54 bits per heavy atom. The molecule has 1 heterocycles. The lowest BCUT2D eigenvalue weighted by atomic mass is 10.0. The normalized spacial score (nSPS) is 16.3. The first-order valence-corrected chi connectivity index (χ1v) is 9.04. The topological polar surface area (TPSA) is 58.6 Å². The number of ether oxygens (including phenoxy) is 1. The first-order valence-electron chi connectivity index (χ1n) is 9.04. The van der Waals surface area contributed by atoms with Crippen molar-refractivity contribution in [1.29, 1.82) is 0 Å². The molecule has 0 bridgehead atoms. The summed E-state index contributed by atoms with van der Waals surface area (Å²) in [5.74, 6) is 0.426. The summed E-state index contributed by atoms with van der Waals surface area (Å²) in [5, 5.41) is 2.73. The number of nitrogens with zero attached hydrogens (tertiary/aromatic N) is 1. The number of carbonyl (C=O) groups excluding carboxylic acids is 2. The van der Waals surface area contributed by atoms with Crippen LogP contribution in [0.3, 0.4) is 0 Å². The molecule has 0 saturated carbocycles. The molecule has 1 aliphatic heterocycles. The summed E-state index contributed by atoms with van der Waals surface area (Å²) in [4.78, 5) is 26.7. The monoisotopic (exact) mass is 352 g/mol. The fourth-order valence-electron chi connectivity index (χ4n) is 3.32. The number of likely N-dealkylation sites (tertiary alicyclic amines) is 1. The van der Waals surface area contributed by atoms with E-state index in [1.807, 2.05) is 30.0 Å². The molecule has 1 N–H and O–H groups in total.